The van der Waals surface area contributed by atoms with Crippen LogP contribution in [0.25, 0.3) is 0 Å². The van der Waals surface area contributed by atoms with Gasteiger partial charge in [0.05, 0.1) is 11.0 Å². The van der Waals surface area contributed by atoms with Crippen molar-refractivity contribution in [3.63, 3.8) is 0 Å². The Labute approximate surface area is 416 Å². The van der Waals surface area contributed by atoms with Crippen molar-refractivity contribution in [3.8, 4) is 0 Å². The molecule has 0 N–H and O–H groups in total. The maximum Gasteiger partial charge on any atom is 0.417 e. The van der Waals surface area contributed by atoms with E-state index in [1.807, 2.05) is 68.4 Å². The molecule has 4 bridgehead atoms. The summed E-state index contributed by atoms with van der Waals surface area (Å²) in [5.41, 5.74) is 10.3. The Morgan fingerprint density at radius 1 is 0.493 bits per heavy atom. The highest BCUT2D eigenvalue weighted by molar-refractivity contribution is 9.10. The average Bonchev–Trinajstić information content (AvgIpc) is 4.14. The summed E-state index contributed by atoms with van der Waals surface area (Å²) in [6.07, 6.45) is 14.0. The molecule has 0 aromatic heterocycles. The van der Waals surface area contributed by atoms with Gasteiger partial charge in [0.25, 0.3) is 0 Å². The lowest BCUT2D eigenvalue weighted by Gasteiger charge is -2.48. The summed E-state index contributed by atoms with van der Waals surface area (Å²) in [4.78, 5) is 40.5. The van der Waals surface area contributed by atoms with Gasteiger partial charge in [-0.15, -0.1) is 0 Å². The van der Waals surface area contributed by atoms with Gasteiger partial charge in [0, 0.05) is 32.0 Å². The van der Waals surface area contributed by atoms with Gasteiger partial charge < -0.3 is 0 Å². The maximum absolute atomic E-state index is 13.6. The predicted octanol–water partition coefficient (Wildman–Crippen LogP) is 17.1. The maximum atomic E-state index is 13.6. The molecule has 3 nitrogen and oxygen atoms in total. The summed E-state index contributed by atoms with van der Waals surface area (Å²) < 4.78 is 41.5. The highest BCUT2D eigenvalue weighted by atomic mass is 79.9. The minimum Gasteiger partial charge on any atom is -0.294 e. The van der Waals surface area contributed by atoms with E-state index in [4.69, 9.17) is 0 Å². The van der Waals surface area contributed by atoms with Crippen LogP contribution in [-0.2, 0) is 6.18 Å². The van der Waals surface area contributed by atoms with E-state index in [9.17, 15) is 27.6 Å². The van der Waals surface area contributed by atoms with Crippen molar-refractivity contribution in [3.05, 3.63) is 174 Å². The molecule has 11 rings (SSSR count). The lowest BCUT2D eigenvalue weighted by Crippen LogP contribution is -2.45. The van der Waals surface area contributed by atoms with Gasteiger partial charge in [-0.25, -0.2) is 0 Å². The lowest BCUT2D eigenvalue weighted by molar-refractivity contribution is -0.138. The van der Waals surface area contributed by atoms with E-state index in [-0.39, 0.29) is 28.1 Å². The molecule has 0 heterocycles. The summed E-state index contributed by atoms with van der Waals surface area (Å²) in [6.45, 7) is 17.1. The molecule has 4 unspecified atom stereocenters. The molecular formula is C62H68BrF3O3. The first-order valence-electron chi connectivity index (χ1n) is 25.3. The molecule has 2 saturated carbocycles. The normalized spacial score (nSPS) is 32.8. The Kier molecular flexibility index (Phi) is 13.3. The molecule has 8 aliphatic rings. The van der Waals surface area contributed by atoms with Crippen LogP contribution in [0.3, 0.4) is 0 Å². The van der Waals surface area contributed by atoms with Crippen LogP contribution in [0.5, 0.6) is 0 Å². The van der Waals surface area contributed by atoms with Crippen LogP contribution in [0.2, 0.25) is 0 Å². The van der Waals surface area contributed by atoms with Crippen molar-refractivity contribution in [2.24, 2.45) is 57.7 Å². The molecule has 3 aromatic carbocycles. The van der Waals surface area contributed by atoms with Crippen LogP contribution in [0.1, 0.15) is 156 Å². The number of carbonyl (C=O) groups excluding carboxylic acids is 3. The largest absolute Gasteiger partial charge is 0.417 e. The molecule has 7 heteroatoms. The number of Topliss-reactive ketones (excluding diaryl/α,β-unsaturated/α-hetero) is 3. The Bertz CT molecular complexity index is 2670. The van der Waals surface area contributed by atoms with Crippen molar-refractivity contribution >= 4 is 33.3 Å². The smallest absolute Gasteiger partial charge is 0.294 e. The van der Waals surface area contributed by atoms with Gasteiger partial charge in [0.15, 0.2) is 17.3 Å². The molecule has 8 aliphatic carbocycles. The van der Waals surface area contributed by atoms with Crippen molar-refractivity contribution in [2.45, 2.75) is 126 Å². The van der Waals surface area contributed by atoms with E-state index < -0.39 is 17.2 Å². The number of fused-ring (bicyclic) bond motifs is 11. The van der Waals surface area contributed by atoms with E-state index in [0.717, 1.165) is 71.3 Å². The molecule has 69 heavy (non-hydrogen) atoms. The molecule has 0 aliphatic heterocycles. The quantitative estimate of drug-likeness (QED) is 0.140. The van der Waals surface area contributed by atoms with E-state index in [1.54, 1.807) is 0 Å². The lowest BCUT2D eigenvalue weighted by atomic mass is 9.55. The Morgan fingerprint density at radius 3 is 1.35 bits per heavy atom. The summed E-state index contributed by atoms with van der Waals surface area (Å²) in [5.74, 6) is 3.75. The zero-order valence-electron chi connectivity index (χ0n) is 41.7. The highest BCUT2D eigenvalue weighted by Crippen LogP contribution is 2.71. The van der Waals surface area contributed by atoms with Gasteiger partial charge in [-0.1, -0.05) is 145 Å². The topological polar surface area (TPSA) is 51.2 Å². The van der Waals surface area contributed by atoms with Gasteiger partial charge in [0.1, 0.15) is 0 Å². The number of benzene rings is 3. The minimum absolute atomic E-state index is 0.0729. The Balaban J connectivity index is 0.000000130. The van der Waals surface area contributed by atoms with E-state index in [1.165, 1.54) is 64.5 Å². The fourth-order valence-electron chi connectivity index (χ4n) is 14.9. The van der Waals surface area contributed by atoms with Crippen LogP contribution in [0.15, 0.2) is 152 Å². The molecule has 0 saturated heterocycles. The van der Waals surface area contributed by atoms with Crippen LogP contribution < -0.4 is 0 Å². The van der Waals surface area contributed by atoms with Crippen LogP contribution in [0, 0.1) is 57.7 Å². The molecule has 362 valence electrons. The molecule has 3 aromatic rings. The van der Waals surface area contributed by atoms with Crippen molar-refractivity contribution < 1.29 is 27.6 Å². The number of allylic oxidation sites excluding steroid dienone is 12. The summed E-state index contributed by atoms with van der Waals surface area (Å²) in [5, 5.41) is 0. The second-order valence-electron chi connectivity index (χ2n) is 22.6. The average molecular weight is 998 g/mol. The van der Waals surface area contributed by atoms with Gasteiger partial charge in [-0.05, 0) is 179 Å². The number of alkyl halides is 3. The zero-order chi connectivity index (χ0) is 49.4. The number of rotatable bonds is 6. The van der Waals surface area contributed by atoms with Crippen LogP contribution in [-0.4, -0.2) is 17.3 Å². The third-order valence-electron chi connectivity index (χ3n) is 18.9. The zero-order valence-corrected chi connectivity index (χ0v) is 43.3. The third kappa shape index (κ3) is 8.42. The van der Waals surface area contributed by atoms with E-state index >= 15 is 0 Å². The second-order valence-corrected chi connectivity index (χ2v) is 23.5. The third-order valence-corrected chi connectivity index (χ3v) is 19.4. The first-order chi connectivity index (χ1) is 32.7. The monoisotopic (exact) mass is 996 g/mol. The number of ketones is 3. The van der Waals surface area contributed by atoms with Crippen molar-refractivity contribution in [2.75, 3.05) is 0 Å². The summed E-state index contributed by atoms with van der Waals surface area (Å²) in [6, 6.07) is 23.1. The first kappa shape index (κ1) is 49.4. The van der Waals surface area contributed by atoms with Crippen LogP contribution in [0.4, 0.5) is 13.2 Å². The van der Waals surface area contributed by atoms with E-state index in [0.29, 0.717) is 59.9 Å². The number of halogens is 4. The summed E-state index contributed by atoms with van der Waals surface area (Å²) in [7, 11) is 0. The number of carbonyl (C=O) groups is 3. The van der Waals surface area contributed by atoms with Crippen molar-refractivity contribution in [1.82, 2.24) is 0 Å². The van der Waals surface area contributed by atoms with Crippen LogP contribution >= 0.6 is 15.9 Å². The molecule has 2 fully saturated rings. The fraction of sp³-hybridized carbons (Fsp3) is 0.468. The minimum atomic E-state index is -4.52. The van der Waals surface area contributed by atoms with Gasteiger partial charge in [0.2, 0.25) is 0 Å². The van der Waals surface area contributed by atoms with Gasteiger partial charge in [-0.2, -0.15) is 13.2 Å². The Hall–Kier alpha value is -4.62. The molecule has 4 atom stereocenters. The molecule has 0 amide bonds. The number of hydrogen-bond donors (Lipinski definition) is 0. The first-order valence-corrected chi connectivity index (χ1v) is 26.1. The predicted molar refractivity (Wildman–Crippen MR) is 275 cm³/mol. The fourth-order valence-corrected chi connectivity index (χ4v) is 15.2. The number of hydrogen-bond acceptors (Lipinski definition) is 3. The molecular weight excluding hydrogens is 930 g/mol. The van der Waals surface area contributed by atoms with Gasteiger partial charge in [-0.3, -0.25) is 14.4 Å². The molecule has 0 radical (unpaired) electrons. The Morgan fingerprint density at radius 2 is 0.899 bits per heavy atom. The molecule has 0 spiro atoms. The van der Waals surface area contributed by atoms with Crippen molar-refractivity contribution in [1.29, 1.82) is 0 Å². The standard InChI is InChI=1S/C22H25F3O.C21H25BrO.C19H18O/c1-13-9-17-10-14(2)16(4)12-21(17,11-15(13)3)20(26)18-7-5-6-8-19(18)22(23,24)25;1-13-9-18-10-14(2)16(4)12-21(18,11-15(13)3)20(23)17-5-7-19(22)8-6-17;20-18(12-4-2-1-3-5-12)19-15-8-6-13(10-15)17(19)14-7-9-16(19)11-14/h5-8,17H,9-12H2,1-4H3;5-8,18H,9-12H2,1-4H3;1-9,13-17H,10-11H2. The SMILES string of the molecule is CC1=C(C)CC2(C(=O)c3ccc(Br)cc3)CC(C)=C(C)CC2C1.CC1=C(C)CC2(C(=O)c3ccccc3C(F)(F)F)CC(C)=C(C)CC2C1.O=C(c1ccccc1)C12C3C=CC(C3)C1C1C=CC2C1. The summed E-state index contributed by atoms with van der Waals surface area (Å²) >= 11 is 3.47. The van der Waals surface area contributed by atoms with E-state index in [2.05, 4.69) is 81.8 Å². The second kappa shape index (κ2) is 18.5. The highest BCUT2D eigenvalue weighted by Gasteiger charge is 2.69. The van der Waals surface area contributed by atoms with Gasteiger partial charge >= 0.3 is 6.18 Å².